The molecule has 0 fully saturated rings. The smallest absolute Gasteiger partial charge is 0.172 e. The van der Waals surface area contributed by atoms with E-state index in [2.05, 4.69) is 10.2 Å². The third-order valence-electron chi connectivity index (χ3n) is 4.77. The molecule has 0 N–H and O–H groups in total. The fourth-order valence-electron chi connectivity index (χ4n) is 3.36. The van der Waals surface area contributed by atoms with Crippen LogP contribution in [0.5, 0.6) is 0 Å². The third kappa shape index (κ3) is 3.07. The van der Waals surface area contributed by atoms with Crippen LogP contribution in [-0.2, 0) is 0 Å². The Balaban J connectivity index is 1.68. The molecular weight excluding hydrogens is 389 g/mol. The molecule has 2 aromatic carbocycles. The summed E-state index contributed by atoms with van der Waals surface area (Å²) in [6.07, 6.45) is 5.35. The Morgan fingerprint density at radius 1 is 1.00 bits per heavy atom. The van der Waals surface area contributed by atoms with E-state index in [1.807, 2.05) is 64.7 Å². The Morgan fingerprint density at radius 3 is 2.66 bits per heavy atom. The van der Waals surface area contributed by atoms with Crippen LogP contribution in [0.1, 0.15) is 5.56 Å². The maximum atomic E-state index is 14.4. The Morgan fingerprint density at radius 2 is 1.83 bits per heavy atom. The molecule has 0 aliphatic rings. The minimum atomic E-state index is -0.301. The van der Waals surface area contributed by atoms with Crippen LogP contribution in [0.3, 0.4) is 0 Å². The molecule has 0 atom stereocenters. The van der Waals surface area contributed by atoms with Gasteiger partial charge < -0.3 is 4.40 Å². The van der Waals surface area contributed by atoms with Gasteiger partial charge in [-0.25, -0.2) is 9.37 Å². The van der Waals surface area contributed by atoms with Gasteiger partial charge in [0.05, 0.1) is 11.3 Å². The van der Waals surface area contributed by atoms with Crippen molar-refractivity contribution in [3.8, 4) is 28.3 Å². The van der Waals surface area contributed by atoms with Crippen molar-refractivity contribution in [1.29, 1.82) is 0 Å². The van der Waals surface area contributed by atoms with Crippen LogP contribution in [0.15, 0.2) is 73.3 Å². The molecule has 5 aromatic rings. The van der Waals surface area contributed by atoms with Crippen LogP contribution in [0.2, 0.25) is 5.02 Å². The summed E-state index contributed by atoms with van der Waals surface area (Å²) < 4.78 is 18.1. The summed E-state index contributed by atoms with van der Waals surface area (Å²) in [5.41, 5.74) is 4.36. The summed E-state index contributed by atoms with van der Waals surface area (Å²) in [6, 6.07) is 16.3. The van der Waals surface area contributed by atoms with Crippen LogP contribution in [0.4, 0.5) is 4.39 Å². The van der Waals surface area contributed by atoms with Gasteiger partial charge in [-0.2, -0.15) is 0 Å². The van der Waals surface area contributed by atoms with E-state index in [1.165, 1.54) is 6.07 Å². The van der Waals surface area contributed by atoms with Crippen LogP contribution in [0, 0.1) is 12.7 Å². The standard InChI is InChI=1S/C22H15ClFN5/c1-14-4-9-19(24)18(11-14)20-12-28-10-2-3-17(21(28)26-20)22-27-25-13-29(22)16-7-5-15(23)6-8-16/h2-13H,1H3. The second-order valence-electron chi connectivity index (χ2n) is 6.76. The van der Waals surface area contributed by atoms with Crippen molar-refractivity contribution >= 4 is 17.2 Å². The first-order valence-electron chi connectivity index (χ1n) is 9.01. The van der Waals surface area contributed by atoms with Crippen molar-refractivity contribution in [3.05, 3.63) is 89.7 Å². The number of aryl methyl sites for hydroxylation is 1. The number of benzene rings is 2. The quantitative estimate of drug-likeness (QED) is 0.408. The molecule has 0 unspecified atom stereocenters. The molecule has 0 saturated carbocycles. The molecule has 0 bridgehead atoms. The lowest BCUT2D eigenvalue weighted by Crippen LogP contribution is -1.98. The van der Waals surface area contributed by atoms with Gasteiger partial charge in [0.25, 0.3) is 0 Å². The first kappa shape index (κ1) is 17.6. The maximum absolute atomic E-state index is 14.4. The summed E-state index contributed by atoms with van der Waals surface area (Å²) in [5.74, 6) is 0.338. The van der Waals surface area contributed by atoms with Crippen molar-refractivity contribution in [1.82, 2.24) is 24.1 Å². The largest absolute Gasteiger partial charge is 0.306 e. The lowest BCUT2D eigenvalue weighted by atomic mass is 10.1. The summed E-state index contributed by atoms with van der Waals surface area (Å²) in [5, 5.41) is 9.04. The van der Waals surface area contributed by atoms with Gasteiger partial charge in [-0.05, 0) is 55.5 Å². The van der Waals surface area contributed by atoms with E-state index in [0.29, 0.717) is 27.8 Å². The summed E-state index contributed by atoms with van der Waals surface area (Å²) >= 11 is 6.01. The van der Waals surface area contributed by atoms with Gasteiger partial charge in [0, 0.05) is 28.7 Å². The molecular formula is C22H15ClFN5. The average Bonchev–Trinajstić information content (AvgIpc) is 3.37. The van der Waals surface area contributed by atoms with Crippen LogP contribution < -0.4 is 0 Å². The van der Waals surface area contributed by atoms with E-state index in [9.17, 15) is 4.39 Å². The van der Waals surface area contributed by atoms with Gasteiger partial charge >= 0.3 is 0 Å². The highest BCUT2D eigenvalue weighted by Crippen LogP contribution is 2.29. The number of pyridine rings is 1. The van der Waals surface area contributed by atoms with Gasteiger partial charge in [-0.15, -0.1) is 10.2 Å². The lowest BCUT2D eigenvalue weighted by molar-refractivity contribution is 0.630. The highest BCUT2D eigenvalue weighted by atomic mass is 35.5. The van der Waals surface area contributed by atoms with E-state index < -0.39 is 0 Å². The van der Waals surface area contributed by atoms with Crippen LogP contribution >= 0.6 is 11.6 Å². The molecule has 142 valence electrons. The Bertz CT molecular complexity index is 1340. The van der Waals surface area contributed by atoms with Gasteiger partial charge in [-0.3, -0.25) is 4.57 Å². The van der Waals surface area contributed by atoms with Crippen LogP contribution in [0.25, 0.3) is 34.0 Å². The number of aromatic nitrogens is 5. The molecule has 0 amide bonds. The fourth-order valence-corrected chi connectivity index (χ4v) is 3.49. The summed E-state index contributed by atoms with van der Waals surface area (Å²) in [4.78, 5) is 4.71. The zero-order valence-corrected chi connectivity index (χ0v) is 16.2. The van der Waals surface area contributed by atoms with E-state index in [4.69, 9.17) is 16.6 Å². The summed E-state index contributed by atoms with van der Waals surface area (Å²) in [7, 11) is 0. The first-order valence-corrected chi connectivity index (χ1v) is 9.38. The minimum Gasteiger partial charge on any atom is -0.306 e. The Hall–Kier alpha value is -3.51. The molecule has 0 saturated heterocycles. The van der Waals surface area contributed by atoms with Crippen molar-refractivity contribution in [3.63, 3.8) is 0 Å². The van der Waals surface area contributed by atoms with Gasteiger partial charge in [0.1, 0.15) is 17.8 Å². The predicted octanol–water partition coefficient (Wildman–Crippen LogP) is 5.35. The van der Waals surface area contributed by atoms with Gasteiger partial charge in [0.2, 0.25) is 0 Å². The highest BCUT2D eigenvalue weighted by molar-refractivity contribution is 6.30. The second-order valence-corrected chi connectivity index (χ2v) is 7.20. The van der Waals surface area contributed by atoms with Crippen molar-refractivity contribution in [2.45, 2.75) is 6.92 Å². The fraction of sp³-hybridized carbons (Fsp3) is 0.0455. The molecule has 5 rings (SSSR count). The number of imidazole rings is 1. The molecule has 3 aromatic heterocycles. The topological polar surface area (TPSA) is 48.0 Å². The number of rotatable bonds is 3. The number of nitrogens with zero attached hydrogens (tertiary/aromatic N) is 5. The van der Waals surface area contributed by atoms with E-state index >= 15 is 0 Å². The van der Waals surface area contributed by atoms with Gasteiger partial charge in [0.15, 0.2) is 5.82 Å². The third-order valence-corrected chi connectivity index (χ3v) is 5.03. The molecule has 0 radical (unpaired) electrons. The Kier molecular flexibility index (Phi) is 4.14. The molecule has 0 spiro atoms. The minimum absolute atomic E-state index is 0.301. The monoisotopic (exact) mass is 403 g/mol. The first-order chi connectivity index (χ1) is 14.1. The SMILES string of the molecule is Cc1ccc(F)c(-c2cn3cccc(-c4nncn4-c4ccc(Cl)cc4)c3n2)c1. The van der Waals surface area contributed by atoms with Crippen molar-refractivity contribution in [2.75, 3.05) is 0 Å². The average molecular weight is 404 g/mol. The lowest BCUT2D eigenvalue weighted by Gasteiger charge is -2.07. The van der Waals surface area contributed by atoms with E-state index in [0.717, 1.165) is 16.8 Å². The van der Waals surface area contributed by atoms with E-state index in [1.54, 1.807) is 18.5 Å². The number of halogens is 2. The molecule has 7 heteroatoms. The normalized spacial score (nSPS) is 11.3. The van der Waals surface area contributed by atoms with Crippen LogP contribution in [-0.4, -0.2) is 24.1 Å². The molecule has 0 aliphatic carbocycles. The number of hydrogen-bond donors (Lipinski definition) is 0. The number of hydrogen-bond acceptors (Lipinski definition) is 3. The predicted molar refractivity (Wildman–Crippen MR) is 111 cm³/mol. The molecule has 5 nitrogen and oxygen atoms in total. The van der Waals surface area contributed by atoms with Crippen molar-refractivity contribution in [2.24, 2.45) is 0 Å². The zero-order chi connectivity index (χ0) is 20.0. The molecule has 0 aliphatic heterocycles. The maximum Gasteiger partial charge on any atom is 0.172 e. The second kappa shape index (κ2) is 6.83. The zero-order valence-electron chi connectivity index (χ0n) is 15.4. The highest BCUT2D eigenvalue weighted by Gasteiger charge is 2.16. The Labute approximate surface area is 171 Å². The van der Waals surface area contributed by atoms with Crippen molar-refractivity contribution < 1.29 is 4.39 Å². The van der Waals surface area contributed by atoms with E-state index in [-0.39, 0.29) is 5.82 Å². The molecule has 29 heavy (non-hydrogen) atoms. The van der Waals surface area contributed by atoms with Gasteiger partial charge in [-0.1, -0.05) is 23.2 Å². The molecule has 3 heterocycles. The number of fused-ring (bicyclic) bond motifs is 1. The summed E-state index contributed by atoms with van der Waals surface area (Å²) in [6.45, 7) is 1.93.